The number of rotatable bonds is 3. The molecule has 1 saturated heterocycles. The highest BCUT2D eigenvalue weighted by atomic mass is 79.9. The SMILES string of the molecule is N[C@H]1CSC[C@@H](Cc2ccc([N+](=O)[O-])c(Br)c2)[C@@H]1O. The molecule has 1 aliphatic heterocycles. The second-order valence-corrected chi connectivity index (χ2v) is 6.63. The summed E-state index contributed by atoms with van der Waals surface area (Å²) in [6, 6.07) is 4.78. The van der Waals surface area contributed by atoms with Crippen molar-refractivity contribution in [3.8, 4) is 0 Å². The highest BCUT2D eigenvalue weighted by molar-refractivity contribution is 9.10. The Labute approximate surface area is 123 Å². The van der Waals surface area contributed by atoms with E-state index in [0.29, 0.717) is 10.9 Å². The van der Waals surface area contributed by atoms with Gasteiger partial charge in [0, 0.05) is 17.9 Å². The van der Waals surface area contributed by atoms with Gasteiger partial charge in [-0.25, -0.2) is 0 Å². The molecule has 104 valence electrons. The topological polar surface area (TPSA) is 89.4 Å². The zero-order chi connectivity index (χ0) is 14.0. The van der Waals surface area contributed by atoms with Crippen molar-refractivity contribution in [2.24, 2.45) is 11.7 Å². The van der Waals surface area contributed by atoms with E-state index >= 15 is 0 Å². The third-order valence-electron chi connectivity index (χ3n) is 3.27. The number of nitro benzene ring substituents is 1. The van der Waals surface area contributed by atoms with Crippen molar-refractivity contribution in [1.29, 1.82) is 0 Å². The van der Waals surface area contributed by atoms with Crippen LogP contribution in [-0.2, 0) is 6.42 Å². The molecule has 19 heavy (non-hydrogen) atoms. The quantitative estimate of drug-likeness (QED) is 0.644. The fraction of sp³-hybridized carbons (Fsp3) is 0.500. The van der Waals surface area contributed by atoms with Crippen LogP contribution in [-0.4, -0.2) is 33.7 Å². The number of nitro groups is 1. The molecular weight excluding hydrogens is 332 g/mol. The number of thioether (sulfide) groups is 1. The summed E-state index contributed by atoms with van der Waals surface area (Å²) in [5.74, 6) is 1.74. The van der Waals surface area contributed by atoms with Crippen molar-refractivity contribution < 1.29 is 10.0 Å². The number of halogens is 1. The van der Waals surface area contributed by atoms with Crippen molar-refractivity contribution in [2.75, 3.05) is 11.5 Å². The summed E-state index contributed by atoms with van der Waals surface area (Å²) < 4.78 is 0.470. The smallest absolute Gasteiger partial charge is 0.283 e. The van der Waals surface area contributed by atoms with E-state index in [-0.39, 0.29) is 17.6 Å². The first-order valence-corrected chi connectivity index (χ1v) is 7.88. The van der Waals surface area contributed by atoms with Crippen LogP contribution in [0.4, 0.5) is 5.69 Å². The van der Waals surface area contributed by atoms with Gasteiger partial charge in [-0.15, -0.1) is 0 Å². The molecule has 0 unspecified atom stereocenters. The standard InChI is InChI=1S/C12H15BrN2O3S/c13-9-4-7(1-2-11(9)15(17)18)3-8-5-19-6-10(14)12(8)16/h1-2,4,8,10,12,16H,3,5-6,14H2/t8-,10+,12+/m1/s1. The molecule has 3 atom stereocenters. The molecular formula is C12H15BrN2O3S. The molecule has 0 spiro atoms. The first-order valence-electron chi connectivity index (χ1n) is 5.93. The first kappa shape index (κ1) is 14.8. The van der Waals surface area contributed by atoms with Crippen LogP contribution in [0.1, 0.15) is 5.56 Å². The lowest BCUT2D eigenvalue weighted by Gasteiger charge is -2.32. The monoisotopic (exact) mass is 346 g/mol. The van der Waals surface area contributed by atoms with Crippen molar-refractivity contribution in [2.45, 2.75) is 18.6 Å². The van der Waals surface area contributed by atoms with E-state index < -0.39 is 11.0 Å². The van der Waals surface area contributed by atoms with Gasteiger partial charge in [0.05, 0.1) is 15.5 Å². The molecule has 5 nitrogen and oxygen atoms in total. The molecule has 1 heterocycles. The summed E-state index contributed by atoms with van der Waals surface area (Å²) in [6.07, 6.45) is 0.175. The van der Waals surface area contributed by atoms with Gasteiger partial charge in [0.15, 0.2) is 0 Å². The maximum absolute atomic E-state index is 10.7. The molecule has 2 rings (SSSR count). The summed E-state index contributed by atoms with van der Waals surface area (Å²) in [6.45, 7) is 0. The predicted octanol–water partition coefficient (Wildman–Crippen LogP) is 1.95. The molecule has 1 aliphatic rings. The van der Waals surface area contributed by atoms with Crippen LogP contribution in [0.3, 0.4) is 0 Å². The minimum absolute atomic E-state index is 0.0546. The van der Waals surface area contributed by atoms with Gasteiger partial charge in [-0.05, 0) is 45.7 Å². The van der Waals surface area contributed by atoms with Gasteiger partial charge >= 0.3 is 0 Å². The minimum atomic E-state index is -0.504. The van der Waals surface area contributed by atoms with Gasteiger partial charge in [0.2, 0.25) is 0 Å². The molecule has 0 radical (unpaired) electrons. The first-order chi connectivity index (χ1) is 8.99. The van der Waals surface area contributed by atoms with Crippen molar-refractivity contribution in [3.05, 3.63) is 38.3 Å². The number of aliphatic hydroxyl groups is 1. The molecule has 1 aromatic rings. The summed E-state index contributed by atoms with van der Waals surface area (Å²) in [5, 5.41) is 20.8. The lowest BCUT2D eigenvalue weighted by atomic mass is 9.91. The van der Waals surface area contributed by atoms with E-state index in [4.69, 9.17) is 5.73 Å². The molecule has 3 N–H and O–H groups in total. The Morgan fingerprint density at radius 3 is 2.89 bits per heavy atom. The molecule has 1 fully saturated rings. The predicted molar refractivity (Wildman–Crippen MR) is 79.3 cm³/mol. The molecule has 0 aromatic heterocycles. The Kier molecular flexibility index (Phi) is 4.83. The van der Waals surface area contributed by atoms with Crippen LogP contribution in [0.2, 0.25) is 0 Å². The Morgan fingerprint density at radius 2 is 2.26 bits per heavy atom. The number of hydrogen-bond acceptors (Lipinski definition) is 5. The van der Waals surface area contributed by atoms with Crippen LogP contribution < -0.4 is 5.73 Å². The van der Waals surface area contributed by atoms with Crippen molar-refractivity contribution in [1.82, 2.24) is 0 Å². The molecule has 7 heteroatoms. The normalized spacial score (nSPS) is 27.2. The Bertz CT molecular complexity index is 486. The van der Waals surface area contributed by atoms with E-state index in [1.165, 1.54) is 6.07 Å². The van der Waals surface area contributed by atoms with Crippen LogP contribution in [0.25, 0.3) is 0 Å². The van der Waals surface area contributed by atoms with Gasteiger partial charge in [-0.1, -0.05) is 6.07 Å². The third-order valence-corrected chi connectivity index (χ3v) is 5.19. The zero-order valence-electron chi connectivity index (χ0n) is 10.2. The van der Waals surface area contributed by atoms with E-state index in [1.54, 1.807) is 23.9 Å². The number of benzene rings is 1. The average Bonchev–Trinajstić information content (AvgIpc) is 2.34. The molecule has 1 aromatic carbocycles. The Hall–Kier alpha value is -0.630. The lowest BCUT2D eigenvalue weighted by molar-refractivity contribution is -0.385. The number of nitrogens with two attached hydrogens (primary N) is 1. The fourth-order valence-corrected chi connectivity index (χ4v) is 4.00. The van der Waals surface area contributed by atoms with E-state index in [9.17, 15) is 15.2 Å². The van der Waals surface area contributed by atoms with Crippen molar-refractivity contribution in [3.63, 3.8) is 0 Å². The minimum Gasteiger partial charge on any atom is -0.391 e. The van der Waals surface area contributed by atoms with Crippen LogP contribution >= 0.6 is 27.7 Å². The summed E-state index contributed by atoms with van der Waals surface area (Å²) in [5.41, 5.74) is 6.87. The van der Waals surface area contributed by atoms with Gasteiger partial charge in [-0.2, -0.15) is 11.8 Å². The highest BCUT2D eigenvalue weighted by Crippen LogP contribution is 2.30. The largest absolute Gasteiger partial charge is 0.391 e. The maximum Gasteiger partial charge on any atom is 0.283 e. The molecule has 0 aliphatic carbocycles. The van der Waals surface area contributed by atoms with Gasteiger partial charge in [-0.3, -0.25) is 10.1 Å². The van der Waals surface area contributed by atoms with Crippen LogP contribution in [0, 0.1) is 16.0 Å². The summed E-state index contributed by atoms with van der Waals surface area (Å²) >= 11 is 4.95. The van der Waals surface area contributed by atoms with Crippen LogP contribution in [0.15, 0.2) is 22.7 Å². The Morgan fingerprint density at radius 1 is 1.53 bits per heavy atom. The number of aliphatic hydroxyl groups excluding tert-OH is 1. The van der Waals surface area contributed by atoms with Crippen molar-refractivity contribution >= 4 is 33.4 Å². The molecule has 0 amide bonds. The van der Waals surface area contributed by atoms with E-state index in [0.717, 1.165) is 17.1 Å². The van der Waals surface area contributed by atoms with Gasteiger partial charge < -0.3 is 10.8 Å². The van der Waals surface area contributed by atoms with E-state index in [2.05, 4.69) is 15.9 Å². The summed E-state index contributed by atoms with van der Waals surface area (Å²) in [4.78, 5) is 10.3. The number of hydrogen-bond donors (Lipinski definition) is 2. The Balaban J connectivity index is 2.11. The number of nitrogens with zero attached hydrogens (tertiary/aromatic N) is 1. The fourth-order valence-electron chi connectivity index (χ4n) is 2.21. The third kappa shape index (κ3) is 3.47. The summed E-state index contributed by atoms with van der Waals surface area (Å²) in [7, 11) is 0. The lowest BCUT2D eigenvalue weighted by Crippen LogP contribution is -2.46. The van der Waals surface area contributed by atoms with Crippen LogP contribution in [0.5, 0.6) is 0 Å². The van der Waals surface area contributed by atoms with Gasteiger partial charge in [0.1, 0.15) is 0 Å². The van der Waals surface area contributed by atoms with Gasteiger partial charge in [0.25, 0.3) is 5.69 Å². The second-order valence-electron chi connectivity index (χ2n) is 4.70. The highest BCUT2D eigenvalue weighted by Gasteiger charge is 2.30. The second kappa shape index (κ2) is 6.21. The molecule has 0 bridgehead atoms. The average molecular weight is 347 g/mol. The van der Waals surface area contributed by atoms with E-state index in [1.807, 2.05) is 0 Å². The molecule has 0 saturated carbocycles. The zero-order valence-corrected chi connectivity index (χ0v) is 12.6. The maximum atomic E-state index is 10.7.